The number of carbonyl (C=O) groups is 1. The highest BCUT2D eigenvalue weighted by atomic mass is 16.5. The summed E-state index contributed by atoms with van der Waals surface area (Å²) >= 11 is 0. The lowest BCUT2D eigenvalue weighted by Gasteiger charge is -2.29. The van der Waals surface area contributed by atoms with Gasteiger partial charge in [0.05, 0.1) is 17.4 Å². The van der Waals surface area contributed by atoms with E-state index in [1.165, 1.54) is 0 Å². The molecule has 0 bridgehead atoms. The number of allylic oxidation sites excluding steroid dienone is 3. The fraction of sp³-hybridized carbons (Fsp3) is 0.458. The van der Waals surface area contributed by atoms with Crippen LogP contribution in [-0.2, 0) is 4.74 Å². The molecule has 0 spiro atoms. The van der Waals surface area contributed by atoms with Gasteiger partial charge < -0.3 is 14.5 Å². The van der Waals surface area contributed by atoms with E-state index in [4.69, 9.17) is 9.72 Å². The van der Waals surface area contributed by atoms with Crippen molar-refractivity contribution in [2.45, 2.75) is 65.0 Å². The van der Waals surface area contributed by atoms with E-state index >= 15 is 0 Å². The highest BCUT2D eigenvalue weighted by Crippen LogP contribution is 2.23. The molecule has 160 valence electrons. The normalized spacial score (nSPS) is 20.0. The van der Waals surface area contributed by atoms with Crippen LogP contribution in [0.25, 0.3) is 11.2 Å². The quantitative estimate of drug-likeness (QED) is 0.507. The maximum Gasteiger partial charge on any atom is 0.255 e. The third-order valence-corrected chi connectivity index (χ3v) is 5.56. The van der Waals surface area contributed by atoms with Gasteiger partial charge in [-0.2, -0.15) is 0 Å². The standard InChI is InChI=1S/C24H32N4O2/c1-5-15-30-20-10-8-19(9-11-20)26-24(29)21-12-14-28-18(3)16-22(27-23(21)28)17(2)7-6-13-25-4/h6-7,12-14,16,19-20H,4-5,8-11,15H2,1-3H3,(H,26,29)/b13-6-,17-7+. The van der Waals surface area contributed by atoms with Crippen LogP contribution in [0, 0.1) is 6.92 Å². The van der Waals surface area contributed by atoms with Crippen molar-refractivity contribution in [2.75, 3.05) is 6.61 Å². The molecular weight excluding hydrogens is 376 g/mol. The first kappa shape index (κ1) is 22.0. The summed E-state index contributed by atoms with van der Waals surface area (Å²) in [5.41, 5.74) is 4.16. The molecule has 1 N–H and O–H groups in total. The SMILES string of the molecule is C=N/C=C\C=C(/C)c1cc(C)n2ccc(C(=O)NC3CCC(OCCC)CC3)c2n1. The van der Waals surface area contributed by atoms with Crippen molar-refractivity contribution < 1.29 is 9.53 Å². The Morgan fingerprint density at radius 2 is 2.17 bits per heavy atom. The van der Waals surface area contributed by atoms with Gasteiger partial charge in [0.25, 0.3) is 5.91 Å². The van der Waals surface area contributed by atoms with Crippen LogP contribution in [0.15, 0.2) is 41.7 Å². The zero-order valence-electron chi connectivity index (χ0n) is 18.2. The first-order valence-corrected chi connectivity index (χ1v) is 10.7. The molecule has 0 saturated heterocycles. The van der Waals surface area contributed by atoms with Crippen LogP contribution in [0.3, 0.4) is 0 Å². The number of fused-ring (bicyclic) bond motifs is 1. The molecule has 0 unspecified atom stereocenters. The zero-order valence-corrected chi connectivity index (χ0v) is 18.2. The van der Waals surface area contributed by atoms with E-state index in [2.05, 4.69) is 24.0 Å². The lowest BCUT2D eigenvalue weighted by molar-refractivity contribution is 0.0227. The van der Waals surface area contributed by atoms with Gasteiger partial charge in [0, 0.05) is 30.7 Å². The van der Waals surface area contributed by atoms with Crippen LogP contribution >= 0.6 is 0 Å². The van der Waals surface area contributed by atoms with E-state index in [1.54, 1.807) is 6.20 Å². The molecule has 6 nitrogen and oxygen atoms in total. The van der Waals surface area contributed by atoms with E-state index in [-0.39, 0.29) is 11.9 Å². The zero-order chi connectivity index (χ0) is 21.5. The molecule has 3 rings (SSSR count). The Hall–Kier alpha value is -2.73. The number of hydrogen-bond donors (Lipinski definition) is 1. The van der Waals surface area contributed by atoms with Gasteiger partial charge in [-0.3, -0.25) is 9.79 Å². The summed E-state index contributed by atoms with van der Waals surface area (Å²) in [4.78, 5) is 21.5. The summed E-state index contributed by atoms with van der Waals surface area (Å²) in [7, 11) is 0. The number of rotatable bonds is 8. The molecule has 30 heavy (non-hydrogen) atoms. The molecule has 1 aliphatic carbocycles. The average molecular weight is 409 g/mol. The van der Waals surface area contributed by atoms with Gasteiger partial charge in [0.1, 0.15) is 5.65 Å². The summed E-state index contributed by atoms with van der Waals surface area (Å²) in [5.74, 6) is -0.0585. The molecule has 1 saturated carbocycles. The Morgan fingerprint density at radius 1 is 1.40 bits per heavy atom. The first-order chi connectivity index (χ1) is 14.5. The highest BCUT2D eigenvalue weighted by molar-refractivity contribution is 6.00. The van der Waals surface area contributed by atoms with Crippen molar-refractivity contribution in [3.05, 3.63) is 53.6 Å². The minimum absolute atomic E-state index is 0.0585. The summed E-state index contributed by atoms with van der Waals surface area (Å²) in [6, 6.07) is 4.06. The van der Waals surface area contributed by atoms with Gasteiger partial charge in [-0.1, -0.05) is 13.0 Å². The number of hydrogen-bond acceptors (Lipinski definition) is 4. The number of nitrogens with zero attached hydrogens (tertiary/aromatic N) is 3. The van der Waals surface area contributed by atoms with E-state index in [1.807, 2.05) is 48.7 Å². The molecule has 2 aromatic rings. The third-order valence-electron chi connectivity index (χ3n) is 5.56. The molecule has 6 heteroatoms. The second-order valence-electron chi connectivity index (χ2n) is 7.90. The average Bonchev–Trinajstić information content (AvgIpc) is 3.18. The van der Waals surface area contributed by atoms with Gasteiger partial charge in [-0.15, -0.1) is 0 Å². The predicted octanol–water partition coefficient (Wildman–Crippen LogP) is 4.73. The number of aliphatic imine (C=N–C) groups is 1. The number of amides is 1. The van der Waals surface area contributed by atoms with Crippen molar-refractivity contribution >= 4 is 23.8 Å². The molecule has 2 aromatic heterocycles. The summed E-state index contributed by atoms with van der Waals surface area (Å²) < 4.78 is 7.81. The Labute approximate surface area is 178 Å². The van der Waals surface area contributed by atoms with Gasteiger partial charge in [-0.05, 0) is 76.5 Å². The third kappa shape index (κ3) is 5.25. The summed E-state index contributed by atoms with van der Waals surface area (Å²) in [5, 5.41) is 3.21. The van der Waals surface area contributed by atoms with Crippen molar-refractivity contribution in [2.24, 2.45) is 4.99 Å². The summed E-state index contributed by atoms with van der Waals surface area (Å²) in [6.07, 6.45) is 12.6. The molecule has 2 heterocycles. The molecular formula is C24H32N4O2. The molecule has 0 aromatic carbocycles. The van der Waals surface area contributed by atoms with Gasteiger partial charge in [0.15, 0.2) is 0 Å². The Balaban J connectivity index is 1.74. The topological polar surface area (TPSA) is 68.0 Å². The van der Waals surface area contributed by atoms with Crippen LogP contribution in [0.2, 0.25) is 0 Å². The lowest BCUT2D eigenvalue weighted by atomic mass is 9.92. The number of aromatic nitrogens is 2. The molecule has 0 radical (unpaired) electrons. The van der Waals surface area contributed by atoms with Crippen LogP contribution in [-0.4, -0.2) is 40.8 Å². The minimum atomic E-state index is -0.0585. The number of nitrogens with one attached hydrogen (secondary N) is 1. The van der Waals surface area contributed by atoms with Gasteiger partial charge in [0.2, 0.25) is 0 Å². The highest BCUT2D eigenvalue weighted by Gasteiger charge is 2.24. The largest absolute Gasteiger partial charge is 0.378 e. The Morgan fingerprint density at radius 3 is 2.87 bits per heavy atom. The van der Waals surface area contributed by atoms with Crippen molar-refractivity contribution in [3.63, 3.8) is 0 Å². The molecule has 1 fully saturated rings. The minimum Gasteiger partial charge on any atom is -0.378 e. The molecule has 0 aliphatic heterocycles. The number of ether oxygens (including phenoxy) is 1. The van der Waals surface area contributed by atoms with E-state index in [9.17, 15) is 4.79 Å². The van der Waals surface area contributed by atoms with E-state index < -0.39 is 0 Å². The first-order valence-electron chi connectivity index (χ1n) is 10.7. The lowest BCUT2D eigenvalue weighted by Crippen LogP contribution is -2.39. The number of aryl methyl sites for hydroxylation is 1. The predicted molar refractivity (Wildman–Crippen MR) is 122 cm³/mol. The Kier molecular flexibility index (Phi) is 7.57. The fourth-order valence-electron chi connectivity index (χ4n) is 3.87. The number of carbonyl (C=O) groups excluding carboxylic acids is 1. The van der Waals surface area contributed by atoms with Gasteiger partial charge in [-0.25, -0.2) is 4.98 Å². The van der Waals surface area contributed by atoms with E-state index in [0.29, 0.717) is 17.3 Å². The molecule has 0 atom stereocenters. The maximum atomic E-state index is 13.0. The van der Waals surface area contributed by atoms with Crippen molar-refractivity contribution in [1.82, 2.24) is 14.7 Å². The smallest absolute Gasteiger partial charge is 0.255 e. The van der Waals surface area contributed by atoms with Crippen LogP contribution in [0.1, 0.15) is 67.7 Å². The van der Waals surface area contributed by atoms with Gasteiger partial charge >= 0.3 is 0 Å². The molecule has 1 aliphatic rings. The van der Waals surface area contributed by atoms with E-state index in [0.717, 1.165) is 55.7 Å². The Bertz CT molecular complexity index is 950. The van der Waals surface area contributed by atoms with Crippen LogP contribution in [0.5, 0.6) is 0 Å². The monoisotopic (exact) mass is 408 g/mol. The second-order valence-corrected chi connectivity index (χ2v) is 7.90. The van der Waals surface area contributed by atoms with Crippen molar-refractivity contribution in [3.8, 4) is 0 Å². The fourth-order valence-corrected chi connectivity index (χ4v) is 3.87. The van der Waals surface area contributed by atoms with Crippen molar-refractivity contribution in [1.29, 1.82) is 0 Å². The van der Waals surface area contributed by atoms with Crippen LogP contribution < -0.4 is 5.32 Å². The van der Waals surface area contributed by atoms with Crippen LogP contribution in [0.4, 0.5) is 0 Å². The second kappa shape index (κ2) is 10.3. The molecule has 1 amide bonds. The maximum absolute atomic E-state index is 13.0. The summed E-state index contributed by atoms with van der Waals surface area (Å²) in [6.45, 7) is 10.4.